The van der Waals surface area contributed by atoms with Crippen LogP contribution in [0.2, 0.25) is 0 Å². The molecule has 4 rings (SSSR count). The first-order valence-corrected chi connectivity index (χ1v) is 8.05. The first kappa shape index (κ1) is 15.0. The number of aromatic nitrogens is 1. The number of nitrogens with zero attached hydrogens (tertiary/aromatic N) is 2. The van der Waals surface area contributed by atoms with E-state index in [0.29, 0.717) is 30.4 Å². The topological polar surface area (TPSA) is 59.5 Å². The van der Waals surface area contributed by atoms with Gasteiger partial charge in [0.2, 0.25) is 0 Å². The molecular formula is C17H22N2O3. The van der Waals surface area contributed by atoms with Crippen LogP contribution in [0.15, 0.2) is 24.5 Å². The van der Waals surface area contributed by atoms with Gasteiger partial charge < -0.3 is 9.64 Å². The number of pyridine rings is 1. The summed E-state index contributed by atoms with van der Waals surface area (Å²) < 4.78 is 5.07. The Bertz CT molecular complexity index is 546. The Morgan fingerprint density at radius 2 is 2.27 bits per heavy atom. The molecule has 1 amide bonds. The van der Waals surface area contributed by atoms with Crippen LogP contribution in [-0.2, 0) is 9.53 Å². The van der Waals surface area contributed by atoms with Gasteiger partial charge in [0, 0.05) is 31.4 Å². The van der Waals surface area contributed by atoms with Gasteiger partial charge in [-0.2, -0.15) is 0 Å². The van der Waals surface area contributed by atoms with Crippen LogP contribution in [0.5, 0.6) is 0 Å². The van der Waals surface area contributed by atoms with Crippen molar-refractivity contribution in [3.8, 4) is 0 Å². The molecule has 3 atom stereocenters. The molecule has 5 heteroatoms. The molecule has 1 aromatic heterocycles. The average Bonchev–Trinajstić information content (AvgIpc) is 2.56. The Balaban J connectivity index is 1.65. The van der Waals surface area contributed by atoms with Crippen molar-refractivity contribution in [2.45, 2.75) is 38.6 Å². The zero-order chi connectivity index (χ0) is 15.5. The van der Waals surface area contributed by atoms with E-state index < -0.39 is 0 Å². The Kier molecular flexibility index (Phi) is 4.41. The molecule has 1 aliphatic carbocycles. The lowest BCUT2D eigenvalue weighted by Crippen LogP contribution is -2.54. The molecule has 22 heavy (non-hydrogen) atoms. The summed E-state index contributed by atoms with van der Waals surface area (Å²) in [7, 11) is 0. The van der Waals surface area contributed by atoms with Gasteiger partial charge in [-0.1, -0.05) is 0 Å². The van der Waals surface area contributed by atoms with Gasteiger partial charge >= 0.3 is 5.97 Å². The molecule has 2 saturated heterocycles. The molecular weight excluding hydrogens is 280 g/mol. The van der Waals surface area contributed by atoms with E-state index in [2.05, 4.69) is 4.98 Å². The summed E-state index contributed by atoms with van der Waals surface area (Å²) >= 11 is 0. The van der Waals surface area contributed by atoms with Gasteiger partial charge in [0.15, 0.2) is 0 Å². The molecule has 0 radical (unpaired) electrons. The fourth-order valence-corrected chi connectivity index (χ4v) is 3.81. The third-order valence-electron chi connectivity index (χ3n) is 4.89. The summed E-state index contributed by atoms with van der Waals surface area (Å²) in [5.41, 5.74) is 0.650. The van der Waals surface area contributed by atoms with Gasteiger partial charge in [0.05, 0.1) is 12.2 Å². The molecule has 2 aliphatic heterocycles. The van der Waals surface area contributed by atoms with Crippen molar-refractivity contribution in [1.82, 2.24) is 9.88 Å². The maximum Gasteiger partial charge on any atom is 0.306 e. The second kappa shape index (κ2) is 6.46. The summed E-state index contributed by atoms with van der Waals surface area (Å²) in [5.74, 6) is 0.730. The van der Waals surface area contributed by atoms with E-state index in [1.807, 2.05) is 17.9 Å². The van der Waals surface area contributed by atoms with Crippen LogP contribution in [-0.4, -0.2) is 41.0 Å². The maximum atomic E-state index is 12.6. The fourth-order valence-electron chi connectivity index (χ4n) is 3.81. The highest BCUT2D eigenvalue weighted by atomic mass is 16.5. The molecule has 0 spiro atoms. The molecule has 2 bridgehead atoms. The molecule has 3 heterocycles. The third-order valence-corrected chi connectivity index (χ3v) is 4.89. The Morgan fingerprint density at radius 3 is 2.91 bits per heavy atom. The van der Waals surface area contributed by atoms with Crippen molar-refractivity contribution in [3.05, 3.63) is 30.1 Å². The summed E-state index contributed by atoms with van der Waals surface area (Å²) in [6, 6.07) is 3.85. The molecule has 3 aliphatic rings. The van der Waals surface area contributed by atoms with Crippen molar-refractivity contribution >= 4 is 11.9 Å². The number of piperidine rings is 2. The van der Waals surface area contributed by atoms with E-state index in [4.69, 9.17) is 4.74 Å². The average molecular weight is 302 g/mol. The second-order valence-corrected chi connectivity index (χ2v) is 6.20. The summed E-state index contributed by atoms with van der Waals surface area (Å²) in [5, 5.41) is 0. The highest BCUT2D eigenvalue weighted by Gasteiger charge is 2.43. The number of hydrogen-bond donors (Lipinski definition) is 0. The molecule has 3 fully saturated rings. The Hall–Kier alpha value is -1.91. The fraction of sp³-hybridized carbons (Fsp3) is 0.588. The first-order chi connectivity index (χ1) is 10.7. The SMILES string of the molecule is CCOC(=O)CC1CC2CCC1CN2C(=O)c1cccnc1. The molecule has 0 aromatic carbocycles. The van der Waals surface area contributed by atoms with Crippen LogP contribution < -0.4 is 0 Å². The first-order valence-electron chi connectivity index (χ1n) is 8.05. The Labute approximate surface area is 130 Å². The number of carbonyl (C=O) groups excluding carboxylic acids is 2. The normalized spacial score (nSPS) is 26.8. The zero-order valence-electron chi connectivity index (χ0n) is 12.9. The molecule has 3 unspecified atom stereocenters. The number of fused-ring (bicyclic) bond motifs is 3. The van der Waals surface area contributed by atoms with E-state index in [1.165, 1.54) is 0 Å². The van der Waals surface area contributed by atoms with Crippen molar-refractivity contribution in [2.24, 2.45) is 11.8 Å². The van der Waals surface area contributed by atoms with Gasteiger partial charge in [-0.05, 0) is 50.2 Å². The van der Waals surface area contributed by atoms with Crippen LogP contribution in [0.3, 0.4) is 0 Å². The highest BCUT2D eigenvalue weighted by Crippen LogP contribution is 2.41. The number of hydrogen-bond acceptors (Lipinski definition) is 4. The van der Waals surface area contributed by atoms with Crippen LogP contribution in [0.4, 0.5) is 0 Å². The minimum atomic E-state index is -0.106. The van der Waals surface area contributed by atoms with Crippen LogP contribution in [0.1, 0.15) is 43.0 Å². The molecule has 1 saturated carbocycles. The van der Waals surface area contributed by atoms with Gasteiger partial charge in [-0.3, -0.25) is 14.6 Å². The van der Waals surface area contributed by atoms with Crippen molar-refractivity contribution in [1.29, 1.82) is 0 Å². The molecule has 0 N–H and O–H groups in total. The molecule has 1 aromatic rings. The predicted molar refractivity (Wildman–Crippen MR) is 81.1 cm³/mol. The third kappa shape index (κ3) is 2.98. The number of ether oxygens (including phenoxy) is 1. The highest BCUT2D eigenvalue weighted by molar-refractivity contribution is 5.94. The monoisotopic (exact) mass is 302 g/mol. The minimum Gasteiger partial charge on any atom is -0.466 e. The molecule has 118 valence electrons. The Morgan fingerprint density at radius 1 is 1.41 bits per heavy atom. The summed E-state index contributed by atoms with van der Waals surface area (Å²) in [6.07, 6.45) is 6.84. The second-order valence-electron chi connectivity index (χ2n) is 6.20. The van der Waals surface area contributed by atoms with Crippen LogP contribution in [0.25, 0.3) is 0 Å². The van der Waals surface area contributed by atoms with E-state index in [1.54, 1.807) is 18.5 Å². The smallest absolute Gasteiger partial charge is 0.306 e. The van der Waals surface area contributed by atoms with Gasteiger partial charge in [0.25, 0.3) is 5.91 Å². The van der Waals surface area contributed by atoms with Crippen LogP contribution >= 0.6 is 0 Å². The lowest BCUT2D eigenvalue weighted by Gasteiger charge is -2.49. The van der Waals surface area contributed by atoms with Crippen molar-refractivity contribution in [2.75, 3.05) is 13.2 Å². The van der Waals surface area contributed by atoms with E-state index in [9.17, 15) is 9.59 Å². The van der Waals surface area contributed by atoms with E-state index in [-0.39, 0.29) is 17.9 Å². The van der Waals surface area contributed by atoms with Gasteiger partial charge in [-0.15, -0.1) is 0 Å². The largest absolute Gasteiger partial charge is 0.466 e. The number of rotatable bonds is 4. The van der Waals surface area contributed by atoms with Crippen molar-refractivity contribution < 1.29 is 14.3 Å². The quantitative estimate of drug-likeness (QED) is 0.801. The van der Waals surface area contributed by atoms with Gasteiger partial charge in [0.1, 0.15) is 0 Å². The maximum absolute atomic E-state index is 12.6. The zero-order valence-corrected chi connectivity index (χ0v) is 12.9. The lowest BCUT2D eigenvalue weighted by molar-refractivity contribution is -0.145. The number of esters is 1. The molecule has 5 nitrogen and oxygen atoms in total. The lowest BCUT2D eigenvalue weighted by atomic mass is 9.70. The van der Waals surface area contributed by atoms with Crippen LogP contribution in [0, 0.1) is 11.8 Å². The summed E-state index contributed by atoms with van der Waals surface area (Å²) in [6.45, 7) is 3.02. The predicted octanol–water partition coefficient (Wildman–Crippen LogP) is 2.28. The van der Waals surface area contributed by atoms with Crippen molar-refractivity contribution in [3.63, 3.8) is 0 Å². The minimum absolute atomic E-state index is 0.0670. The number of carbonyl (C=O) groups is 2. The standard InChI is InChI=1S/C17H22N2O3/c1-2-22-16(20)9-14-8-15-6-5-13(14)11-19(15)17(21)12-4-3-7-18-10-12/h3-4,7,10,13-15H,2,5-6,8-9,11H2,1H3. The number of amides is 1. The van der Waals surface area contributed by atoms with E-state index >= 15 is 0 Å². The summed E-state index contributed by atoms with van der Waals surface area (Å²) in [4.78, 5) is 30.3. The van der Waals surface area contributed by atoms with E-state index in [0.717, 1.165) is 25.8 Å². The van der Waals surface area contributed by atoms with Gasteiger partial charge in [-0.25, -0.2) is 0 Å².